The van der Waals surface area contributed by atoms with E-state index in [2.05, 4.69) is 29.6 Å². The van der Waals surface area contributed by atoms with Crippen LogP contribution in [-0.2, 0) is 19.1 Å². The SMILES string of the molecule is O=C(NCCOCC(=O)N1CC2CCC1C(C(=O)O)C2)OCC1c2ccccc2-c2ccccc21. The summed E-state index contributed by atoms with van der Waals surface area (Å²) in [5, 5.41) is 12.1. The second kappa shape index (κ2) is 10.1. The van der Waals surface area contributed by atoms with E-state index in [9.17, 15) is 19.5 Å². The predicted octanol–water partition coefficient (Wildman–Crippen LogP) is 3.25. The maximum absolute atomic E-state index is 12.6. The molecular weight excluding hydrogens is 448 g/mol. The second-order valence-electron chi connectivity index (χ2n) is 9.54. The van der Waals surface area contributed by atoms with E-state index in [1.807, 2.05) is 24.3 Å². The number of hydrogen-bond donors (Lipinski definition) is 2. The zero-order valence-corrected chi connectivity index (χ0v) is 19.5. The summed E-state index contributed by atoms with van der Waals surface area (Å²) in [7, 11) is 0. The summed E-state index contributed by atoms with van der Waals surface area (Å²) in [4.78, 5) is 38.0. The fourth-order valence-electron chi connectivity index (χ4n) is 5.86. The van der Waals surface area contributed by atoms with E-state index in [-0.39, 0.29) is 50.2 Å². The van der Waals surface area contributed by atoms with Gasteiger partial charge in [-0.1, -0.05) is 48.5 Å². The van der Waals surface area contributed by atoms with Crippen LogP contribution in [0.25, 0.3) is 11.1 Å². The van der Waals surface area contributed by atoms with Crippen LogP contribution in [-0.4, -0.2) is 66.9 Å². The highest BCUT2D eigenvalue weighted by atomic mass is 16.5. The van der Waals surface area contributed by atoms with E-state index < -0.39 is 18.0 Å². The molecule has 0 spiro atoms. The largest absolute Gasteiger partial charge is 0.481 e. The van der Waals surface area contributed by atoms with Crippen molar-refractivity contribution in [1.82, 2.24) is 10.2 Å². The maximum Gasteiger partial charge on any atom is 0.407 e. The normalized spacial score (nSPS) is 22.4. The molecule has 2 heterocycles. The molecule has 6 rings (SSSR count). The molecular formula is C27H30N2O6. The minimum Gasteiger partial charge on any atom is -0.481 e. The smallest absolute Gasteiger partial charge is 0.407 e. The van der Waals surface area contributed by atoms with Gasteiger partial charge in [-0.25, -0.2) is 4.79 Å². The number of nitrogens with one attached hydrogen (secondary N) is 1. The standard InChI is InChI=1S/C27H30N2O6/c30-25(29-14-17-9-10-24(29)22(13-17)26(31)32)16-34-12-11-28-27(33)35-15-23-20-7-3-1-5-18(20)19-6-2-4-8-21(19)23/h1-8,17,22-24H,9-16H2,(H,28,33)(H,31,32). The molecule has 35 heavy (non-hydrogen) atoms. The number of piperidine rings is 2. The summed E-state index contributed by atoms with van der Waals surface area (Å²) in [5.41, 5.74) is 4.65. The molecule has 2 saturated heterocycles. The molecule has 1 saturated carbocycles. The third kappa shape index (κ3) is 4.75. The Balaban J connectivity index is 1.04. The van der Waals surface area contributed by atoms with Crippen molar-refractivity contribution < 1.29 is 29.0 Å². The van der Waals surface area contributed by atoms with Crippen molar-refractivity contribution in [2.75, 3.05) is 32.9 Å². The molecule has 2 aromatic rings. The summed E-state index contributed by atoms with van der Waals surface area (Å²) < 4.78 is 11.0. The minimum absolute atomic E-state index is 0.00322. The van der Waals surface area contributed by atoms with E-state index in [4.69, 9.17) is 9.47 Å². The molecule has 8 nitrogen and oxygen atoms in total. The van der Waals surface area contributed by atoms with Gasteiger partial charge in [0.25, 0.3) is 0 Å². The summed E-state index contributed by atoms with van der Waals surface area (Å²) in [5.74, 6) is -1.25. The predicted molar refractivity (Wildman–Crippen MR) is 128 cm³/mol. The van der Waals surface area contributed by atoms with Crippen molar-refractivity contribution in [2.24, 2.45) is 11.8 Å². The number of fused-ring (bicyclic) bond motifs is 6. The highest BCUT2D eigenvalue weighted by molar-refractivity contribution is 5.80. The van der Waals surface area contributed by atoms with Gasteiger partial charge in [0.05, 0.1) is 12.5 Å². The number of carboxylic acids is 1. The molecule has 2 aliphatic heterocycles. The lowest BCUT2D eigenvalue weighted by Crippen LogP contribution is -2.57. The number of rotatable bonds is 8. The zero-order chi connectivity index (χ0) is 24.4. The fraction of sp³-hybridized carbons (Fsp3) is 0.444. The van der Waals surface area contributed by atoms with Gasteiger partial charge in [-0.15, -0.1) is 0 Å². The summed E-state index contributed by atoms with van der Waals surface area (Å²) in [6, 6.07) is 16.1. The van der Waals surface area contributed by atoms with Gasteiger partial charge < -0.3 is 24.8 Å². The molecule has 3 unspecified atom stereocenters. The van der Waals surface area contributed by atoms with Gasteiger partial charge in [0, 0.05) is 25.0 Å². The maximum atomic E-state index is 12.6. The Morgan fingerprint density at radius 2 is 1.69 bits per heavy atom. The number of alkyl carbamates (subject to hydrolysis) is 1. The number of benzene rings is 2. The number of carboxylic acid groups (broad SMARTS) is 1. The number of aliphatic carboxylic acids is 1. The van der Waals surface area contributed by atoms with Crippen molar-refractivity contribution in [3.63, 3.8) is 0 Å². The fourth-order valence-corrected chi connectivity index (χ4v) is 5.86. The van der Waals surface area contributed by atoms with Crippen molar-refractivity contribution in [2.45, 2.75) is 31.2 Å². The van der Waals surface area contributed by atoms with Crippen LogP contribution >= 0.6 is 0 Å². The molecule has 3 fully saturated rings. The third-order valence-corrected chi connectivity index (χ3v) is 7.50. The number of amides is 2. The van der Waals surface area contributed by atoms with Gasteiger partial charge >= 0.3 is 12.1 Å². The molecule has 8 heteroatoms. The van der Waals surface area contributed by atoms with Crippen LogP contribution in [0.1, 0.15) is 36.3 Å². The van der Waals surface area contributed by atoms with Crippen molar-refractivity contribution >= 4 is 18.0 Å². The molecule has 2 amide bonds. The quantitative estimate of drug-likeness (QED) is 0.565. The molecule has 4 aliphatic rings. The molecule has 0 radical (unpaired) electrons. The number of hydrogen-bond acceptors (Lipinski definition) is 5. The Labute approximate surface area is 204 Å². The van der Waals surface area contributed by atoms with E-state index in [0.29, 0.717) is 13.0 Å². The van der Waals surface area contributed by atoms with Crippen molar-refractivity contribution in [3.05, 3.63) is 59.7 Å². The lowest BCUT2D eigenvalue weighted by molar-refractivity contribution is -0.157. The Morgan fingerprint density at radius 3 is 2.34 bits per heavy atom. The van der Waals surface area contributed by atoms with Crippen LogP contribution in [0.4, 0.5) is 4.79 Å². The molecule has 184 valence electrons. The first-order chi connectivity index (χ1) is 17.0. The molecule has 0 aromatic heterocycles. The number of carbonyl (C=O) groups is 3. The van der Waals surface area contributed by atoms with Gasteiger partial charge in [-0.2, -0.15) is 0 Å². The highest BCUT2D eigenvalue weighted by Gasteiger charge is 2.45. The van der Waals surface area contributed by atoms with Crippen LogP contribution < -0.4 is 5.32 Å². The third-order valence-electron chi connectivity index (χ3n) is 7.50. The second-order valence-corrected chi connectivity index (χ2v) is 9.54. The van der Waals surface area contributed by atoms with Gasteiger partial charge in [0.1, 0.15) is 13.2 Å². The zero-order valence-electron chi connectivity index (χ0n) is 19.5. The van der Waals surface area contributed by atoms with Gasteiger partial charge in [0.15, 0.2) is 0 Å². The molecule has 2 aromatic carbocycles. The van der Waals surface area contributed by atoms with Crippen molar-refractivity contribution in [1.29, 1.82) is 0 Å². The summed E-state index contributed by atoms with van der Waals surface area (Å²) >= 11 is 0. The average molecular weight is 479 g/mol. The number of ether oxygens (including phenoxy) is 2. The van der Waals surface area contributed by atoms with Crippen LogP contribution in [0.2, 0.25) is 0 Å². The van der Waals surface area contributed by atoms with Gasteiger partial charge in [-0.05, 0) is 47.4 Å². The Kier molecular flexibility index (Phi) is 6.72. The molecule has 3 atom stereocenters. The first-order valence-electron chi connectivity index (χ1n) is 12.2. The van der Waals surface area contributed by atoms with E-state index in [1.54, 1.807) is 4.90 Å². The Morgan fingerprint density at radius 1 is 1.00 bits per heavy atom. The Hall–Kier alpha value is -3.39. The van der Waals surface area contributed by atoms with Gasteiger partial charge in [0.2, 0.25) is 5.91 Å². The topological polar surface area (TPSA) is 105 Å². The molecule has 2 aliphatic carbocycles. The highest BCUT2D eigenvalue weighted by Crippen LogP contribution is 2.44. The van der Waals surface area contributed by atoms with Gasteiger partial charge in [-0.3, -0.25) is 9.59 Å². The van der Waals surface area contributed by atoms with Crippen LogP contribution in [0.5, 0.6) is 0 Å². The lowest BCUT2D eigenvalue weighted by Gasteiger charge is -2.48. The van der Waals surface area contributed by atoms with Crippen molar-refractivity contribution in [3.8, 4) is 11.1 Å². The minimum atomic E-state index is -0.828. The average Bonchev–Trinajstić information content (AvgIpc) is 3.21. The summed E-state index contributed by atoms with van der Waals surface area (Å²) in [6.07, 6.45) is 1.83. The Bertz CT molecular complexity index is 1070. The summed E-state index contributed by atoms with van der Waals surface area (Å²) in [6.45, 7) is 1.10. The van der Waals surface area contributed by atoms with Crippen LogP contribution in [0.15, 0.2) is 48.5 Å². The number of carbonyl (C=O) groups excluding carboxylic acids is 2. The van der Waals surface area contributed by atoms with E-state index >= 15 is 0 Å². The first kappa shape index (κ1) is 23.4. The van der Waals surface area contributed by atoms with E-state index in [1.165, 1.54) is 11.1 Å². The monoisotopic (exact) mass is 478 g/mol. The molecule has 2 N–H and O–H groups in total. The lowest BCUT2D eigenvalue weighted by atomic mass is 9.72. The first-order valence-corrected chi connectivity index (χ1v) is 12.2. The molecule has 2 bridgehead atoms. The number of nitrogens with zero attached hydrogens (tertiary/aromatic N) is 1. The van der Waals surface area contributed by atoms with Crippen LogP contribution in [0, 0.1) is 11.8 Å². The van der Waals surface area contributed by atoms with Crippen LogP contribution in [0.3, 0.4) is 0 Å². The van der Waals surface area contributed by atoms with E-state index in [0.717, 1.165) is 24.0 Å².